The van der Waals surface area contributed by atoms with Gasteiger partial charge in [-0.05, 0) is 31.4 Å². The number of carbonyl (C=O) groups is 1. The molecule has 1 heterocycles. The van der Waals surface area contributed by atoms with Crippen molar-refractivity contribution in [3.05, 3.63) is 29.6 Å². The van der Waals surface area contributed by atoms with Crippen molar-refractivity contribution < 1.29 is 27.4 Å². The van der Waals surface area contributed by atoms with Gasteiger partial charge in [-0.3, -0.25) is 4.79 Å². The third-order valence-electron chi connectivity index (χ3n) is 3.94. The molecule has 0 aliphatic carbocycles. The summed E-state index contributed by atoms with van der Waals surface area (Å²) in [5.74, 6) is -1.94. The number of aryl methyl sites for hydroxylation is 1. The van der Waals surface area contributed by atoms with E-state index in [1.165, 1.54) is 19.1 Å². The van der Waals surface area contributed by atoms with Gasteiger partial charge in [-0.15, -0.1) is 0 Å². The number of nitrogens with one attached hydrogen (secondary N) is 1. The zero-order valence-corrected chi connectivity index (χ0v) is 13.0. The first-order valence-electron chi connectivity index (χ1n) is 6.84. The summed E-state index contributed by atoms with van der Waals surface area (Å²) in [6.45, 7) is 1.71. The Labute approximate surface area is 128 Å². The number of ether oxygens (including phenoxy) is 1. The lowest BCUT2D eigenvalue weighted by atomic mass is 9.80. The summed E-state index contributed by atoms with van der Waals surface area (Å²) in [6.07, 6.45) is 0.419. The first kappa shape index (κ1) is 16.9. The maximum atomic E-state index is 13.8. The van der Waals surface area contributed by atoms with Crippen LogP contribution < -0.4 is 4.72 Å². The molecule has 0 bridgehead atoms. The molecule has 1 aromatic carbocycles. The van der Waals surface area contributed by atoms with Gasteiger partial charge in [-0.25, -0.2) is 17.5 Å². The molecule has 1 aliphatic heterocycles. The van der Waals surface area contributed by atoms with Gasteiger partial charge in [0.25, 0.3) is 0 Å². The van der Waals surface area contributed by atoms with Crippen LogP contribution in [0.25, 0.3) is 0 Å². The SMILES string of the molecule is Cc1cccc(F)c1S(=O)(=O)NCC1(C(=O)O)CCOCC1. The van der Waals surface area contributed by atoms with Crippen molar-refractivity contribution in [3.63, 3.8) is 0 Å². The number of halogens is 1. The third-order valence-corrected chi connectivity index (χ3v) is 5.52. The second kappa shape index (κ2) is 6.31. The highest BCUT2D eigenvalue weighted by Crippen LogP contribution is 2.31. The largest absolute Gasteiger partial charge is 0.481 e. The number of hydrogen-bond donors (Lipinski definition) is 2. The number of benzene rings is 1. The third kappa shape index (κ3) is 3.29. The van der Waals surface area contributed by atoms with E-state index < -0.39 is 32.1 Å². The highest BCUT2D eigenvalue weighted by Gasteiger charge is 2.41. The van der Waals surface area contributed by atoms with Crippen LogP contribution >= 0.6 is 0 Å². The van der Waals surface area contributed by atoms with E-state index in [9.17, 15) is 22.7 Å². The Kier molecular flexibility index (Phi) is 4.84. The smallest absolute Gasteiger partial charge is 0.311 e. The summed E-state index contributed by atoms with van der Waals surface area (Å²) in [7, 11) is -4.12. The van der Waals surface area contributed by atoms with E-state index in [0.29, 0.717) is 0 Å². The molecule has 0 atom stereocenters. The maximum absolute atomic E-state index is 13.8. The minimum absolute atomic E-state index is 0.209. The standard InChI is InChI=1S/C14H18FNO5S/c1-10-3-2-4-11(15)12(10)22(19,20)16-9-14(13(17)18)5-7-21-8-6-14/h2-4,16H,5-9H2,1H3,(H,17,18). The van der Waals surface area contributed by atoms with Crippen molar-refractivity contribution in [2.45, 2.75) is 24.7 Å². The van der Waals surface area contributed by atoms with Crippen molar-refractivity contribution >= 4 is 16.0 Å². The van der Waals surface area contributed by atoms with Gasteiger partial charge in [0, 0.05) is 19.8 Å². The summed E-state index contributed by atoms with van der Waals surface area (Å²) in [5, 5.41) is 9.40. The fourth-order valence-corrected chi connectivity index (χ4v) is 3.92. The quantitative estimate of drug-likeness (QED) is 0.848. The van der Waals surface area contributed by atoms with Crippen molar-refractivity contribution in [2.24, 2.45) is 5.41 Å². The molecule has 8 heteroatoms. The Morgan fingerprint density at radius 1 is 1.41 bits per heavy atom. The summed E-state index contributed by atoms with van der Waals surface area (Å²) in [5.41, 5.74) is -0.950. The van der Waals surface area contributed by atoms with E-state index in [4.69, 9.17) is 4.74 Å². The molecule has 122 valence electrons. The molecular formula is C14H18FNO5S. The second-order valence-corrected chi connectivity index (χ2v) is 7.11. The van der Waals surface area contributed by atoms with Crippen LogP contribution in [-0.4, -0.2) is 39.3 Å². The van der Waals surface area contributed by atoms with E-state index in [1.807, 2.05) is 0 Å². The molecule has 0 unspecified atom stereocenters. The predicted octanol–water partition coefficient (Wildman–Crippen LogP) is 1.29. The van der Waals surface area contributed by atoms with Gasteiger partial charge < -0.3 is 9.84 Å². The van der Waals surface area contributed by atoms with E-state index in [0.717, 1.165) is 6.07 Å². The first-order valence-corrected chi connectivity index (χ1v) is 8.33. The number of hydrogen-bond acceptors (Lipinski definition) is 4. The number of rotatable bonds is 5. The van der Waals surface area contributed by atoms with Crippen LogP contribution in [0.4, 0.5) is 4.39 Å². The minimum atomic E-state index is -4.12. The zero-order valence-electron chi connectivity index (χ0n) is 12.1. The normalized spacial score (nSPS) is 18.1. The lowest BCUT2D eigenvalue weighted by Gasteiger charge is -2.33. The van der Waals surface area contributed by atoms with E-state index in [-0.39, 0.29) is 38.2 Å². The Hall–Kier alpha value is -1.51. The van der Waals surface area contributed by atoms with Gasteiger partial charge in [-0.1, -0.05) is 12.1 Å². The van der Waals surface area contributed by atoms with Crippen LogP contribution in [0.2, 0.25) is 0 Å². The number of carboxylic acids is 1. The molecule has 2 N–H and O–H groups in total. The Bertz CT molecular complexity index is 648. The molecule has 0 aromatic heterocycles. The fourth-order valence-electron chi connectivity index (χ4n) is 2.49. The van der Waals surface area contributed by atoms with Crippen molar-refractivity contribution in [2.75, 3.05) is 19.8 Å². The summed E-state index contributed by atoms with van der Waals surface area (Å²) in [4.78, 5) is 11.1. The van der Waals surface area contributed by atoms with E-state index in [1.54, 1.807) is 0 Å². The average Bonchev–Trinajstić information content (AvgIpc) is 2.46. The first-order chi connectivity index (χ1) is 10.3. The topological polar surface area (TPSA) is 92.7 Å². The summed E-state index contributed by atoms with van der Waals surface area (Å²) in [6, 6.07) is 3.96. The lowest BCUT2D eigenvalue weighted by molar-refractivity contribution is -0.154. The molecule has 1 fully saturated rings. The lowest BCUT2D eigenvalue weighted by Crippen LogP contribution is -2.46. The molecule has 1 saturated heterocycles. The molecule has 0 radical (unpaired) electrons. The van der Waals surface area contributed by atoms with Gasteiger partial charge >= 0.3 is 5.97 Å². The van der Waals surface area contributed by atoms with Crippen molar-refractivity contribution in [1.29, 1.82) is 0 Å². The van der Waals surface area contributed by atoms with Crippen LogP contribution in [0.3, 0.4) is 0 Å². The van der Waals surface area contributed by atoms with Crippen LogP contribution in [0.1, 0.15) is 18.4 Å². The van der Waals surface area contributed by atoms with Crippen molar-refractivity contribution in [3.8, 4) is 0 Å². The maximum Gasteiger partial charge on any atom is 0.311 e. The van der Waals surface area contributed by atoms with Gasteiger partial charge in [0.1, 0.15) is 10.7 Å². The van der Waals surface area contributed by atoms with E-state index in [2.05, 4.69) is 4.72 Å². The zero-order chi connectivity index (χ0) is 16.4. The highest BCUT2D eigenvalue weighted by atomic mass is 32.2. The van der Waals surface area contributed by atoms with Crippen LogP contribution in [0.5, 0.6) is 0 Å². The molecule has 1 aromatic rings. The Balaban J connectivity index is 2.24. The minimum Gasteiger partial charge on any atom is -0.481 e. The molecule has 1 aliphatic rings. The van der Waals surface area contributed by atoms with E-state index >= 15 is 0 Å². The molecular weight excluding hydrogens is 313 g/mol. The predicted molar refractivity (Wildman–Crippen MR) is 76.4 cm³/mol. The number of carboxylic acid groups (broad SMARTS) is 1. The van der Waals surface area contributed by atoms with Crippen molar-refractivity contribution in [1.82, 2.24) is 4.72 Å². The molecule has 0 amide bonds. The molecule has 0 spiro atoms. The van der Waals surface area contributed by atoms with Crippen LogP contribution in [-0.2, 0) is 19.6 Å². The Morgan fingerprint density at radius 2 is 2.05 bits per heavy atom. The fraction of sp³-hybridized carbons (Fsp3) is 0.500. The van der Waals surface area contributed by atoms with Crippen LogP contribution in [0, 0.1) is 18.2 Å². The molecule has 2 rings (SSSR count). The molecule has 6 nitrogen and oxygen atoms in total. The van der Waals surface area contributed by atoms with Crippen LogP contribution in [0.15, 0.2) is 23.1 Å². The summed E-state index contributed by atoms with van der Waals surface area (Å²) >= 11 is 0. The average molecular weight is 331 g/mol. The van der Waals surface area contributed by atoms with Gasteiger partial charge in [0.15, 0.2) is 0 Å². The second-order valence-electron chi connectivity index (χ2n) is 5.41. The van der Waals surface area contributed by atoms with Gasteiger partial charge in [0.05, 0.1) is 5.41 Å². The monoisotopic (exact) mass is 331 g/mol. The highest BCUT2D eigenvalue weighted by molar-refractivity contribution is 7.89. The Morgan fingerprint density at radius 3 is 2.59 bits per heavy atom. The number of aliphatic carboxylic acids is 1. The molecule has 0 saturated carbocycles. The van der Waals surface area contributed by atoms with Gasteiger partial charge in [0.2, 0.25) is 10.0 Å². The number of sulfonamides is 1. The molecule has 22 heavy (non-hydrogen) atoms. The summed E-state index contributed by atoms with van der Waals surface area (Å²) < 4.78 is 45.8. The van der Waals surface area contributed by atoms with Gasteiger partial charge in [-0.2, -0.15) is 0 Å².